The number of aryl methyl sites for hydroxylation is 2. The van der Waals surface area contributed by atoms with Gasteiger partial charge in [-0.25, -0.2) is 4.52 Å². The van der Waals surface area contributed by atoms with E-state index in [1.54, 1.807) is 0 Å². The molecule has 1 amide bonds. The van der Waals surface area contributed by atoms with E-state index in [9.17, 15) is 4.79 Å². The van der Waals surface area contributed by atoms with Crippen molar-refractivity contribution in [2.75, 3.05) is 11.1 Å². The molecule has 5 aromatic rings. The van der Waals surface area contributed by atoms with Crippen molar-refractivity contribution in [3.05, 3.63) is 78.1 Å². The Bertz CT molecular complexity index is 1420. The summed E-state index contributed by atoms with van der Waals surface area (Å²) in [5.74, 6) is 0.178. The zero-order chi connectivity index (χ0) is 22.1. The first kappa shape index (κ1) is 20.3. The van der Waals surface area contributed by atoms with Gasteiger partial charge in [-0.05, 0) is 31.0 Å². The van der Waals surface area contributed by atoms with Gasteiger partial charge in [0, 0.05) is 23.6 Å². The molecule has 3 aromatic heterocycles. The highest BCUT2D eigenvalue weighted by atomic mass is 32.2. The molecule has 7 nitrogen and oxygen atoms in total. The molecular weight excluding hydrogens is 420 g/mol. The topological polar surface area (TPSA) is 76.6 Å². The molecule has 5 rings (SSSR count). The lowest BCUT2D eigenvalue weighted by Gasteiger charge is -2.09. The van der Waals surface area contributed by atoms with Gasteiger partial charge in [-0.1, -0.05) is 66.7 Å². The van der Waals surface area contributed by atoms with E-state index in [-0.39, 0.29) is 11.7 Å². The zero-order valence-corrected chi connectivity index (χ0v) is 18.6. The molecule has 0 bridgehead atoms. The lowest BCUT2D eigenvalue weighted by Crippen LogP contribution is -2.15. The van der Waals surface area contributed by atoms with Gasteiger partial charge in [0.2, 0.25) is 5.91 Å². The molecule has 3 heterocycles. The van der Waals surface area contributed by atoms with Gasteiger partial charge in [0.25, 0.3) is 0 Å². The Morgan fingerprint density at radius 2 is 1.88 bits per heavy atom. The highest BCUT2D eigenvalue weighted by molar-refractivity contribution is 7.99. The van der Waals surface area contributed by atoms with Crippen LogP contribution in [0.4, 0.5) is 5.69 Å². The van der Waals surface area contributed by atoms with E-state index in [0.29, 0.717) is 10.8 Å². The third-order valence-corrected chi connectivity index (χ3v) is 6.28. The Kier molecular flexibility index (Phi) is 5.36. The molecule has 8 heteroatoms. The van der Waals surface area contributed by atoms with Crippen LogP contribution in [-0.2, 0) is 11.2 Å². The molecule has 160 valence electrons. The second-order valence-electron chi connectivity index (χ2n) is 7.55. The van der Waals surface area contributed by atoms with Crippen LogP contribution in [0.3, 0.4) is 0 Å². The normalized spacial score (nSPS) is 11.3. The van der Waals surface area contributed by atoms with Crippen molar-refractivity contribution < 1.29 is 4.79 Å². The van der Waals surface area contributed by atoms with E-state index in [1.807, 2.05) is 51.6 Å². The monoisotopic (exact) mass is 442 g/mol. The predicted octanol–water partition coefficient (Wildman–Crippen LogP) is 4.65. The Hall–Kier alpha value is -3.65. The summed E-state index contributed by atoms with van der Waals surface area (Å²) in [4.78, 5) is 12.5. The maximum atomic E-state index is 12.5. The van der Waals surface area contributed by atoms with Crippen LogP contribution in [0.25, 0.3) is 22.4 Å². The molecule has 0 saturated heterocycles. The van der Waals surface area contributed by atoms with Gasteiger partial charge in [-0.15, -0.1) is 10.2 Å². The SMILES string of the molecule is CCc1ccccc1NC(=O)CSc1nnc2c3cc(-c4ccc(C)cc4)nn3ccn12. The number of thioether (sulfide) groups is 1. The third kappa shape index (κ3) is 3.85. The van der Waals surface area contributed by atoms with Crippen LogP contribution in [-0.4, -0.2) is 35.9 Å². The lowest BCUT2D eigenvalue weighted by atomic mass is 10.1. The molecule has 0 unspecified atom stereocenters. The van der Waals surface area contributed by atoms with Gasteiger partial charge in [0.05, 0.1) is 11.4 Å². The van der Waals surface area contributed by atoms with E-state index in [2.05, 4.69) is 58.7 Å². The highest BCUT2D eigenvalue weighted by Crippen LogP contribution is 2.25. The molecule has 0 fully saturated rings. The Morgan fingerprint density at radius 3 is 2.69 bits per heavy atom. The number of hydrogen-bond donors (Lipinski definition) is 1. The number of hydrogen-bond acceptors (Lipinski definition) is 5. The number of rotatable bonds is 6. The summed E-state index contributed by atoms with van der Waals surface area (Å²) in [5.41, 5.74) is 6.69. The lowest BCUT2D eigenvalue weighted by molar-refractivity contribution is -0.113. The molecule has 0 atom stereocenters. The fourth-order valence-electron chi connectivity index (χ4n) is 3.62. The quantitative estimate of drug-likeness (QED) is 0.388. The molecular formula is C24H22N6OS. The van der Waals surface area contributed by atoms with Crippen LogP contribution in [0.15, 0.2) is 72.1 Å². The average molecular weight is 443 g/mol. The summed E-state index contributed by atoms with van der Waals surface area (Å²) >= 11 is 1.36. The van der Waals surface area contributed by atoms with Crippen LogP contribution in [0.1, 0.15) is 18.1 Å². The van der Waals surface area contributed by atoms with Crippen molar-refractivity contribution in [2.45, 2.75) is 25.4 Å². The van der Waals surface area contributed by atoms with E-state index in [0.717, 1.165) is 34.4 Å². The molecule has 0 saturated carbocycles. The van der Waals surface area contributed by atoms with Gasteiger partial charge in [0.1, 0.15) is 5.52 Å². The summed E-state index contributed by atoms with van der Waals surface area (Å²) in [6.45, 7) is 4.14. The summed E-state index contributed by atoms with van der Waals surface area (Å²) in [7, 11) is 0. The van der Waals surface area contributed by atoms with Crippen molar-refractivity contribution in [1.82, 2.24) is 24.2 Å². The van der Waals surface area contributed by atoms with Crippen molar-refractivity contribution in [2.24, 2.45) is 0 Å². The number of aromatic nitrogens is 5. The van der Waals surface area contributed by atoms with Crippen molar-refractivity contribution >= 4 is 34.5 Å². The number of nitrogens with zero attached hydrogens (tertiary/aromatic N) is 5. The van der Waals surface area contributed by atoms with Crippen molar-refractivity contribution in [1.29, 1.82) is 0 Å². The zero-order valence-electron chi connectivity index (χ0n) is 17.8. The molecule has 1 N–H and O–H groups in total. The number of anilines is 1. The number of benzene rings is 2. The fourth-order valence-corrected chi connectivity index (χ4v) is 4.34. The van der Waals surface area contributed by atoms with Gasteiger partial charge in [-0.3, -0.25) is 9.20 Å². The number of fused-ring (bicyclic) bond motifs is 3. The number of carbonyl (C=O) groups is 1. The molecule has 0 aliphatic heterocycles. The summed E-state index contributed by atoms with van der Waals surface area (Å²) in [5, 5.41) is 17.0. The van der Waals surface area contributed by atoms with Crippen LogP contribution >= 0.6 is 11.8 Å². The van der Waals surface area contributed by atoms with Gasteiger partial charge in [0.15, 0.2) is 10.8 Å². The second kappa shape index (κ2) is 8.47. The van der Waals surface area contributed by atoms with Crippen LogP contribution in [0.2, 0.25) is 0 Å². The Labute approximate surface area is 189 Å². The molecule has 2 aromatic carbocycles. The molecule has 0 aliphatic carbocycles. The van der Waals surface area contributed by atoms with Gasteiger partial charge in [-0.2, -0.15) is 5.10 Å². The summed E-state index contributed by atoms with van der Waals surface area (Å²) in [6, 6.07) is 18.1. The minimum Gasteiger partial charge on any atom is -0.325 e. The van der Waals surface area contributed by atoms with Gasteiger partial charge < -0.3 is 5.32 Å². The maximum Gasteiger partial charge on any atom is 0.234 e. The Balaban J connectivity index is 1.36. The van der Waals surface area contributed by atoms with E-state index < -0.39 is 0 Å². The van der Waals surface area contributed by atoms with Crippen molar-refractivity contribution in [3.63, 3.8) is 0 Å². The van der Waals surface area contributed by atoms with Crippen molar-refractivity contribution in [3.8, 4) is 11.3 Å². The first-order valence-corrected chi connectivity index (χ1v) is 11.4. The smallest absolute Gasteiger partial charge is 0.234 e. The summed E-state index contributed by atoms with van der Waals surface area (Å²) < 4.78 is 3.70. The number of carbonyl (C=O) groups excluding carboxylic acids is 1. The van der Waals surface area contributed by atoms with Gasteiger partial charge >= 0.3 is 0 Å². The van der Waals surface area contributed by atoms with E-state index >= 15 is 0 Å². The maximum absolute atomic E-state index is 12.5. The van der Waals surface area contributed by atoms with E-state index in [4.69, 9.17) is 0 Å². The molecule has 32 heavy (non-hydrogen) atoms. The average Bonchev–Trinajstić information content (AvgIpc) is 3.42. The van der Waals surface area contributed by atoms with E-state index in [1.165, 1.54) is 17.3 Å². The van der Waals surface area contributed by atoms with Crippen LogP contribution < -0.4 is 5.32 Å². The second-order valence-corrected chi connectivity index (χ2v) is 8.49. The first-order chi connectivity index (χ1) is 15.6. The number of para-hydroxylation sites is 1. The standard InChI is InChI=1S/C24H22N6OS/c1-3-17-6-4-5-7-19(17)25-22(31)15-32-24-27-26-23-21-14-20(18-10-8-16(2)9-11-18)28-30(21)13-12-29(23)24/h4-14H,3,15H2,1-2H3,(H,25,31). The first-order valence-electron chi connectivity index (χ1n) is 10.4. The molecule has 0 spiro atoms. The number of amides is 1. The number of nitrogens with one attached hydrogen (secondary N) is 1. The predicted molar refractivity (Wildman–Crippen MR) is 127 cm³/mol. The minimum atomic E-state index is -0.0697. The van der Waals surface area contributed by atoms with Crippen LogP contribution in [0.5, 0.6) is 0 Å². The Morgan fingerprint density at radius 1 is 1.06 bits per heavy atom. The molecule has 0 aliphatic rings. The minimum absolute atomic E-state index is 0.0697. The third-order valence-electron chi connectivity index (χ3n) is 5.34. The molecule has 0 radical (unpaired) electrons. The fraction of sp³-hybridized carbons (Fsp3) is 0.167. The highest BCUT2D eigenvalue weighted by Gasteiger charge is 2.14. The largest absolute Gasteiger partial charge is 0.325 e. The summed E-state index contributed by atoms with van der Waals surface area (Å²) in [6.07, 6.45) is 4.62. The van der Waals surface area contributed by atoms with Crippen LogP contribution in [0, 0.1) is 6.92 Å².